The van der Waals surface area contributed by atoms with Gasteiger partial charge < -0.3 is 10.5 Å². The molecule has 134 valence electrons. The van der Waals surface area contributed by atoms with Crippen molar-refractivity contribution in [2.75, 3.05) is 11.4 Å². The van der Waals surface area contributed by atoms with E-state index in [9.17, 15) is 22.0 Å². The summed E-state index contributed by atoms with van der Waals surface area (Å²) in [6, 6.07) is 8.76. The number of alkyl halides is 2. The molecule has 0 saturated carbocycles. The summed E-state index contributed by atoms with van der Waals surface area (Å²) in [6.45, 7) is -3.08. The highest BCUT2D eigenvalue weighted by Crippen LogP contribution is 2.30. The molecule has 2 rings (SSSR count). The maximum Gasteiger partial charge on any atom is 0.387 e. The minimum Gasteiger partial charge on any atom is -0.433 e. The SMILES string of the molecule is CN(c1ccc(C(N)=O)cc1)S(=O)(=O)c1ccc(OC(F)F)c(Cl)c1. The van der Waals surface area contributed by atoms with Crippen molar-refractivity contribution in [2.45, 2.75) is 11.5 Å². The molecular weight excluding hydrogens is 378 g/mol. The van der Waals surface area contributed by atoms with E-state index in [0.717, 1.165) is 22.5 Å². The molecule has 0 fully saturated rings. The first-order valence-electron chi connectivity index (χ1n) is 6.76. The Morgan fingerprint density at radius 2 is 1.80 bits per heavy atom. The molecular formula is C15H13ClF2N2O4S. The number of carbonyl (C=O) groups excluding carboxylic acids is 1. The minimum absolute atomic E-state index is 0.208. The summed E-state index contributed by atoms with van der Waals surface area (Å²) in [6.07, 6.45) is 0. The van der Waals surface area contributed by atoms with E-state index < -0.39 is 22.5 Å². The Bertz CT molecular complexity index is 889. The van der Waals surface area contributed by atoms with E-state index >= 15 is 0 Å². The molecule has 0 aliphatic rings. The number of halogens is 3. The number of anilines is 1. The number of nitrogens with zero attached hydrogens (tertiary/aromatic N) is 1. The Morgan fingerprint density at radius 1 is 1.20 bits per heavy atom. The van der Waals surface area contributed by atoms with E-state index in [4.69, 9.17) is 17.3 Å². The first-order chi connectivity index (χ1) is 11.6. The number of nitrogens with two attached hydrogens (primary N) is 1. The lowest BCUT2D eigenvalue weighted by molar-refractivity contribution is -0.0498. The van der Waals surface area contributed by atoms with Crippen LogP contribution in [0.5, 0.6) is 5.75 Å². The number of hydrogen-bond acceptors (Lipinski definition) is 4. The summed E-state index contributed by atoms with van der Waals surface area (Å²) in [5.41, 5.74) is 5.63. The molecule has 0 unspecified atom stereocenters. The van der Waals surface area contributed by atoms with E-state index in [1.807, 2.05) is 0 Å². The van der Waals surface area contributed by atoms with E-state index in [0.29, 0.717) is 0 Å². The normalized spacial score (nSPS) is 11.4. The van der Waals surface area contributed by atoms with Crippen molar-refractivity contribution in [3.05, 3.63) is 53.1 Å². The standard InChI is InChI=1S/C15H13ClF2N2O4S/c1-20(10-4-2-9(3-5-10)14(19)21)25(22,23)11-6-7-13(12(16)8-11)24-15(17)18/h2-8,15H,1H3,(H2,19,21). The predicted molar refractivity (Wildman–Crippen MR) is 88.6 cm³/mol. The van der Waals surface area contributed by atoms with E-state index in [1.54, 1.807) is 0 Å². The Kier molecular flexibility index (Phi) is 5.48. The second-order valence-corrected chi connectivity index (χ2v) is 7.23. The van der Waals surface area contributed by atoms with Gasteiger partial charge in [0, 0.05) is 12.6 Å². The largest absolute Gasteiger partial charge is 0.433 e. The van der Waals surface area contributed by atoms with Crippen molar-refractivity contribution in [1.82, 2.24) is 0 Å². The van der Waals surface area contributed by atoms with Crippen molar-refractivity contribution in [3.8, 4) is 5.75 Å². The number of ether oxygens (including phenoxy) is 1. The van der Waals surface area contributed by atoms with Crippen LogP contribution in [-0.2, 0) is 10.0 Å². The van der Waals surface area contributed by atoms with E-state index in [-0.39, 0.29) is 26.9 Å². The van der Waals surface area contributed by atoms with Gasteiger partial charge in [-0.2, -0.15) is 8.78 Å². The fourth-order valence-electron chi connectivity index (χ4n) is 1.97. The summed E-state index contributed by atoms with van der Waals surface area (Å²) in [7, 11) is -2.71. The molecule has 0 spiro atoms. The third-order valence-electron chi connectivity index (χ3n) is 3.29. The quantitative estimate of drug-likeness (QED) is 0.821. The zero-order chi connectivity index (χ0) is 18.8. The fraction of sp³-hybridized carbons (Fsp3) is 0.133. The number of primary amides is 1. The third kappa shape index (κ3) is 4.18. The van der Waals surface area contributed by atoms with Crippen LogP contribution in [0, 0.1) is 0 Å². The molecule has 2 N–H and O–H groups in total. The highest BCUT2D eigenvalue weighted by Gasteiger charge is 2.23. The smallest absolute Gasteiger partial charge is 0.387 e. The number of carbonyl (C=O) groups is 1. The molecule has 0 atom stereocenters. The van der Waals surface area contributed by atoms with Gasteiger partial charge in [-0.3, -0.25) is 9.10 Å². The van der Waals surface area contributed by atoms with Crippen LogP contribution in [0.25, 0.3) is 0 Å². The van der Waals surface area contributed by atoms with Crippen LogP contribution >= 0.6 is 11.6 Å². The summed E-state index contributed by atoms with van der Waals surface area (Å²) in [5.74, 6) is -0.970. The van der Waals surface area contributed by atoms with Crippen molar-refractivity contribution in [1.29, 1.82) is 0 Å². The maximum absolute atomic E-state index is 12.6. The summed E-state index contributed by atoms with van der Waals surface area (Å²) in [5, 5.41) is -0.265. The van der Waals surface area contributed by atoms with Crippen LogP contribution in [0.15, 0.2) is 47.4 Å². The van der Waals surface area contributed by atoms with Gasteiger partial charge in [0.2, 0.25) is 5.91 Å². The molecule has 2 aromatic carbocycles. The molecule has 6 nitrogen and oxygen atoms in total. The molecule has 0 aliphatic carbocycles. The van der Waals surface area contributed by atoms with E-state index in [2.05, 4.69) is 4.74 Å². The summed E-state index contributed by atoms with van der Waals surface area (Å²) in [4.78, 5) is 10.8. The van der Waals surface area contributed by atoms with Crippen molar-refractivity contribution in [3.63, 3.8) is 0 Å². The number of hydrogen-bond donors (Lipinski definition) is 1. The van der Waals surface area contributed by atoms with Gasteiger partial charge in [0.05, 0.1) is 15.6 Å². The predicted octanol–water partition coefficient (Wildman–Crippen LogP) is 2.87. The molecule has 0 radical (unpaired) electrons. The Balaban J connectivity index is 2.34. The number of rotatable bonds is 6. The van der Waals surface area contributed by atoms with Crippen LogP contribution in [0.4, 0.5) is 14.5 Å². The molecule has 0 saturated heterocycles. The lowest BCUT2D eigenvalue weighted by Gasteiger charge is -2.20. The van der Waals surface area contributed by atoms with Crippen LogP contribution in [-0.4, -0.2) is 28.0 Å². The molecule has 25 heavy (non-hydrogen) atoms. The molecule has 0 aliphatic heterocycles. The molecule has 2 aromatic rings. The first-order valence-corrected chi connectivity index (χ1v) is 8.58. The van der Waals surface area contributed by atoms with Gasteiger partial charge in [0.15, 0.2) is 0 Å². The zero-order valence-electron chi connectivity index (χ0n) is 12.8. The van der Waals surface area contributed by atoms with Crippen LogP contribution in [0.3, 0.4) is 0 Å². The summed E-state index contributed by atoms with van der Waals surface area (Å²) < 4.78 is 54.8. The van der Waals surface area contributed by atoms with Gasteiger partial charge in [0.1, 0.15) is 5.75 Å². The van der Waals surface area contributed by atoms with Crippen LogP contribution < -0.4 is 14.8 Å². The maximum atomic E-state index is 12.6. The Morgan fingerprint density at radius 3 is 2.28 bits per heavy atom. The Hall–Kier alpha value is -2.39. The van der Waals surface area contributed by atoms with E-state index in [1.165, 1.54) is 31.3 Å². The highest BCUT2D eigenvalue weighted by molar-refractivity contribution is 7.92. The molecule has 0 aromatic heterocycles. The molecule has 10 heteroatoms. The van der Waals surface area contributed by atoms with Gasteiger partial charge in [-0.05, 0) is 42.5 Å². The van der Waals surface area contributed by atoms with Crippen LogP contribution in [0.1, 0.15) is 10.4 Å². The van der Waals surface area contributed by atoms with Crippen molar-refractivity contribution < 1.29 is 26.7 Å². The molecule has 1 amide bonds. The topological polar surface area (TPSA) is 89.7 Å². The highest BCUT2D eigenvalue weighted by atomic mass is 35.5. The van der Waals surface area contributed by atoms with Gasteiger partial charge >= 0.3 is 6.61 Å². The Labute approximate surface area is 147 Å². The number of sulfonamides is 1. The lowest BCUT2D eigenvalue weighted by Crippen LogP contribution is -2.26. The average molecular weight is 391 g/mol. The molecule has 0 heterocycles. The second-order valence-electron chi connectivity index (χ2n) is 4.85. The van der Waals surface area contributed by atoms with Gasteiger partial charge in [0.25, 0.3) is 10.0 Å². The van der Waals surface area contributed by atoms with Gasteiger partial charge in [-0.1, -0.05) is 11.6 Å². The van der Waals surface area contributed by atoms with Gasteiger partial charge in [-0.15, -0.1) is 0 Å². The number of amides is 1. The monoisotopic (exact) mass is 390 g/mol. The lowest BCUT2D eigenvalue weighted by atomic mass is 10.2. The van der Waals surface area contributed by atoms with Crippen LogP contribution in [0.2, 0.25) is 5.02 Å². The first kappa shape index (κ1) is 18.9. The zero-order valence-corrected chi connectivity index (χ0v) is 14.4. The second kappa shape index (κ2) is 7.24. The average Bonchev–Trinajstić information content (AvgIpc) is 2.55. The summed E-state index contributed by atoms with van der Waals surface area (Å²) >= 11 is 5.79. The number of benzene rings is 2. The molecule has 0 bridgehead atoms. The fourth-order valence-corrected chi connectivity index (χ4v) is 3.48. The minimum atomic E-state index is -4.00. The van der Waals surface area contributed by atoms with Gasteiger partial charge in [-0.25, -0.2) is 8.42 Å². The van der Waals surface area contributed by atoms with Crippen molar-refractivity contribution >= 4 is 33.2 Å². The third-order valence-corrected chi connectivity index (χ3v) is 5.37. The van der Waals surface area contributed by atoms with Crippen molar-refractivity contribution in [2.24, 2.45) is 5.73 Å².